The van der Waals surface area contributed by atoms with E-state index in [1.54, 1.807) is 17.1 Å². The highest BCUT2D eigenvalue weighted by Gasteiger charge is 2.10. The van der Waals surface area contributed by atoms with E-state index in [4.69, 9.17) is 0 Å². The van der Waals surface area contributed by atoms with Crippen LogP contribution in [0.2, 0.25) is 0 Å². The van der Waals surface area contributed by atoms with Crippen LogP contribution in [0.25, 0.3) is 0 Å². The normalized spacial score (nSPS) is 10.1. The zero-order chi connectivity index (χ0) is 11.5. The van der Waals surface area contributed by atoms with E-state index in [0.717, 1.165) is 10.0 Å². The molecule has 0 spiro atoms. The number of rotatable bonds is 2. The molecule has 4 nitrogen and oxygen atoms in total. The first kappa shape index (κ1) is 11.2. The topological polar surface area (TPSA) is 54.9 Å². The number of pyridine rings is 1. The van der Waals surface area contributed by atoms with Gasteiger partial charge in [-0.15, -0.1) is 11.3 Å². The number of aryl methyl sites for hydroxylation is 1. The van der Waals surface area contributed by atoms with Crippen molar-refractivity contribution >= 4 is 39.0 Å². The number of thiazole rings is 1. The number of carbonyl (C=O) groups excluding carboxylic acids is 1. The Balaban J connectivity index is 2.18. The summed E-state index contributed by atoms with van der Waals surface area (Å²) in [5.41, 5.74) is 2.93. The lowest BCUT2D eigenvalue weighted by Gasteiger charge is -2.05. The Morgan fingerprint density at radius 1 is 1.50 bits per heavy atom. The monoisotopic (exact) mass is 297 g/mol. The average Bonchev–Trinajstić information content (AvgIpc) is 2.75. The van der Waals surface area contributed by atoms with Gasteiger partial charge < -0.3 is 5.32 Å². The molecular weight excluding hydrogens is 290 g/mol. The second-order valence-electron chi connectivity index (χ2n) is 3.15. The van der Waals surface area contributed by atoms with Crippen LogP contribution in [0.5, 0.6) is 0 Å². The molecule has 0 radical (unpaired) electrons. The van der Waals surface area contributed by atoms with Crippen molar-refractivity contribution in [2.45, 2.75) is 6.92 Å². The number of hydrogen-bond acceptors (Lipinski definition) is 4. The van der Waals surface area contributed by atoms with Crippen LogP contribution >= 0.6 is 27.3 Å². The Morgan fingerprint density at radius 2 is 2.31 bits per heavy atom. The van der Waals surface area contributed by atoms with Crippen molar-refractivity contribution in [1.82, 2.24) is 9.97 Å². The number of anilines is 1. The summed E-state index contributed by atoms with van der Waals surface area (Å²) in [5, 5.41) is 4.41. The van der Waals surface area contributed by atoms with Gasteiger partial charge in [0.15, 0.2) is 0 Å². The molecular formula is C10H8BrN3OS. The molecule has 2 rings (SSSR count). The van der Waals surface area contributed by atoms with Gasteiger partial charge in [-0.3, -0.25) is 4.79 Å². The Bertz CT molecular complexity index is 513. The summed E-state index contributed by atoms with van der Waals surface area (Å²) in [4.78, 5) is 19.7. The van der Waals surface area contributed by atoms with Crippen LogP contribution in [0.1, 0.15) is 16.1 Å². The molecule has 0 aromatic carbocycles. The van der Waals surface area contributed by atoms with E-state index in [9.17, 15) is 4.79 Å². The van der Waals surface area contributed by atoms with Crippen LogP contribution < -0.4 is 5.32 Å². The van der Waals surface area contributed by atoms with Gasteiger partial charge in [0.25, 0.3) is 5.91 Å². The van der Waals surface area contributed by atoms with E-state index < -0.39 is 0 Å². The van der Waals surface area contributed by atoms with Crippen LogP contribution in [-0.2, 0) is 0 Å². The molecule has 2 heterocycles. The number of amides is 1. The Hall–Kier alpha value is -1.27. The molecule has 0 saturated carbocycles. The molecule has 6 heteroatoms. The van der Waals surface area contributed by atoms with E-state index in [0.29, 0.717) is 11.5 Å². The zero-order valence-electron chi connectivity index (χ0n) is 8.40. The second-order valence-corrected chi connectivity index (χ2v) is 4.78. The average molecular weight is 298 g/mol. The molecule has 16 heavy (non-hydrogen) atoms. The Morgan fingerprint density at radius 3 is 2.94 bits per heavy atom. The van der Waals surface area contributed by atoms with Crippen molar-refractivity contribution in [2.24, 2.45) is 0 Å². The molecule has 0 aliphatic heterocycles. The summed E-state index contributed by atoms with van der Waals surface area (Å²) in [6.07, 6.45) is 1.64. The molecule has 0 aliphatic rings. The lowest BCUT2D eigenvalue weighted by molar-refractivity contribution is 0.102. The summed E-state index contributed by atoms with van der Waals surface area (Å²) < 4.78 is 0.886. The van der Waals surface area contributed by atoms with Crippen molar-refractivity contribution in [3.8, 4) is 0 Å². The van der Waals surface area contributed by atoms with Gasteiger partial charge in [-0.05, 0) is 34.5 Å². The largest absolute Gasteiger partial charge is 0.305 e. The first-order valence-electron chi connectivity index (χ1n) is 4.48. The molecule has 0 bridgehead atoms. The summed E-state index contributed by atoms with van der Waals surface area (Å²) in [5.74, 6) is 0.320. The maximum atomic E-state index is 11.7. The van der Waals surface area contributed by atoms with E-state index >= 15 is 0 Å². The highest BCUT2D eigenvalue weighted by Crippen LogP contribution is 2.17. The van der Waals surface area contributed by atoms with Crippen LogP contribution in [0.15, 0.2) is 27.6 Å². The van der Waals surface area contributed by atoms with Crippen LogP contribution in [0.3, 0.4) is 0 Å². The number of nitrogens with one attached hydrogen (secondary N) is 1. The van der Waals surface area contributed by atoms with Gasteiger partial charge in [0.05, 0.1) is 5.51 Å². The Kier molecular flexibility index (Phi) is 3.31. The van der Waals surface area contributed by atoms with Crippen molar-refractivity contribution in [2.75, 3.05) is 5.32 Å². The van der Waals surface area contributed by atoms with Gasteiger partial charge >= 0.3 is 0 Å². The van der Waals surface area contributed by atoms with Crippen molar-refractivity contribution in [1.29, 1.82) is 0 Å². The maximum absolute atomic E-state index is 11.7. The minimum Gasteiger partial charge on any atom is -0.305 e. The Labute approximate surface area is 105 Å². The zero-order valence-corrected chi connectivity index (χ0v) is 10.8. The first-order chi connectivity index (χ1) is 7.66. The third kappa shape index (κ3) is 2.45. The molecule has 1 amide bonds. The number of hydrogen-bond donors (Lipinski definition) is 1. The molecule has 0 unspecified atom stereocenters. The molecule has 1 N–H and O–H groups in total. The highest BCUT2D eigenvalue weighted by atomic mass is 79.9. The van der Waals surface area contributed by atoms with Crippen LogP contribution in [-0.4, -0.2) is 15.9 Å². The predicted molar refractivity (Wildman–Crippen MR) is 66.7 cm³/mol. The summed E-state index contributed by atoms with van der Waals surface area (Å²) in [6.45, 7) is 1.88. The first-order valence-corrected chi connectivity index (χ1v) is 6.22. The van der Waals surface area contributed by atoms with Gasteiger partial charge in [0.2, 0.25) is 0 Å². The molecule has 2 aromatic rings. The quantitative estimate of drug-likeness (QED) is 0.927. The van der Waals surface area contributed by atoms with Crippen LogP contribution in [0.4, 0.5) is 5.82 Å². The molecule has 2 aromatic heterocycles. The number of halogens is 1. The summed E-state index contributed by atoms with van der Waals surface area (Å²) in [6, 6.07) is 1.89. The maximum Gasteiger partial charge on any atom is 0.276 e. The summed E-state index contributed by atoms with van der Waals surface area (Å²) >= 11 is 4.70. The SMILES string of the molecule is Cc1cc(Br)cnc1NC(=O)c1cscn1. The number of nitrogens with zero attached hydrogens (tertiary/aromatic N) is 2. The molecule has 82 valence electrons. The fourth-order valence-electron chi connectivity index (χ4n) is 1.17. The fraction of sp³-hybridized carbons (Fsp3) is 0.100. The third-order valence-corrected chi connectivity index (χ3v) is 2.96. The van der Waals surface area contributed by atoms with E-state index in [2.05, 4.69) is 31.2 Å². The van der Waals surface area contributed by atoms with E-state index in [1.165, 1.54) is 11.3 Å². The lowest BCUT2D eigenvalue weighted by Crippen LogP contribution is -2.14. The van der Waals surface area contributed by atoms with Gasteiger partial charge in [-0.2, -0.15) is 0 Å². The minimum atomic E-state index is -0.237. The van der Waals surface area contributed by atoms with Gasteiger partial charge in [-0.25, -0.2) is 9.97 Å². The standard InChI is InChI=1S/C10H8BrN3OS/c1-6-2-7(11)3-12-9(6)14-10(15)8-4-16-5-13-8/h2-5H,1H3,(H,12,14,15). The molecule has 0 atom stereocenters. The highest BCUT2D eigenvalue weighted by molar-refractivity contribution is 9.10. The van der Waals surface area contributed by atoms with Crippen molar-refractivity contribution < 1.29 is 4.79 Å². The molecule has 0 fully saturated rings. The fourth-order valence-corrected chi connectivity index (χ4v) is 2.15. The van der Waals surface area contributed by atoms with E-state index in [-0.39, 0.29) is 5.91 Å². The summed E-state index contributed by atoms with van der Waals surface area (Å²) in [7, 11) is 0. The third-order valence-electron chi connectivity index (χ3n) is 1.94. The second kappa shape index (κ2) is 4.71. The van der Waals surface area contributed by atoms with Gasteiger partial charge in [0, 0.05) is 16.0 Å². The van der Waals surface area contributed by atoms with E-state index in [1.807, 2.05) is 13.0 Å². The minimum absolute atomic E-state index is 0.237. The lowest BCUT2D eigenvalue weighted by atomic mass is 10.3. The van der Waals surface area contributed by atoms with Gasteiger partial charge in [-0.1, -0.05) is 0 Å². The number of aromatic nitrogens is 2. The molecule has 0 aliphatic carbocycles. The number of carbonyl (C=O) groups is 1. The van der Waals surface area contributed by atoms with Gasteiger partial charge in [0.1, 0.15) is 11.5 Å². The van der Waals surface area contributed by atoms with Crippen molar-refractivity contribution in [3.63, 3.8) is 0 Å². The van der Waals surface area contributed by atoms with Crippen LogP contribution in [0, 0.1) is 6.92 Å². The molecule has 0 saturated heterocycles. The van der Waals surface area contributed by atoms with Crippen molar-refractivity contribution in [3.05, 3.63) is 38.9 Å². The smallest absolute Gasteiger partial charge is 0.276 e. The predicted octanol–water partition coefficient (Wildman–Crippen LogP) is 2.86.